The largest absolute Gasteiger partial charge is 0.405 e. The van der Waals surface area contributed by atoms with Gasteiger partial charge in [0.05, 0.1) is 11.4 Å². The number of rotatable bonds is 6. The van der Waals surface area contributed by atoms with Gasteiger partial charge in [0.2, 0.25) is 11.7 Å². The third-order valence-corrected chi connectivity index (χ3v) is 4.56. The smallest absolute Gasteiger partial charge is 0.376 e. The second-order valence-electron chi connectivity index (χ2n) is 5.77. The van der Waals surface area contributed by atoms with Gasteiger partial charge in [-0.3, -0.25) is 4.79 Å². The molecule has 0 saturated heterocycles. The third-order valence-electron chi connectivity index (χ3n) is 3.70. The zero-order valence-electron chi connectivity index (χ0n) is 14.4. The maximum absolute atomic E-state index is 14.1. The van der Waals surface area contributed by atoms with Gasteiger partial charge >= 0.3 is 6.18 Å². The van der Waals surface area contributed by atoms with Crippen LogP contribution in [0.3, 0.4) is 0 Å². The first-order valence-corrected chi connectivity index (χ1v) is 8.86. The van der Waals surface area contributed by atoms with Gasteiger partial charge in [0.25, 0.3) is 5.91 Å². The number of alkyl halides is 3. The maximum Gasteiger partial charge on any atom is 0.405 e. The minimum Gasteiger partial charge on any atom is -0.376 e. The molecule has 2 heterocycles. The second-order valence-corrected chi connectivity index (χ2v) is 6.72. The van der Waals surface area contributed by atoms with Crippen molar-refractivity contribution in [3.8, 4) is 10.7 Å². The molecule has 2 N–H and O–H groups in total. The Balaban J connectivity index is 1.71. The van der Waals surface area contributed by atoms with Crippen LogP contribution in [0.2, 0.25) is 0 Å². The monoisotopic (exact) mass is 414 g/mol. The molecule has 0 aliphatic rings. The Morgan fingerprint density at radius 3 is 2.79 bits per heavy atom. The number of hydrogen-bond acceptors (Lipinski definition) is 6. The van der Waals surface area contributed by atoms with Crippen molar-refractivity contribution in [2.75, 3.05) is 11.9 Å². The van der Waals surface area contributed by atoms with Crippen LogP contribution in [-0.2, 0) is 6.54 Å². The van der Waals surface area contributed by atoms with Crippen LogP contribution in [0.4, 0.5) is 23.2 Å². The van der Waals surface area contributed by atoms with Gasteiger partial charge in [-0.05, 0) is 30.5 Å². The van der Waals surface area contributed by atoms with E-state index in [0.29, 0.717) is 5.82 Å². The highest BCUT2D eigenvalue weighted by molar-refractivity contribution is 7.13. The Hall–Kier alpha value is -2.95. The summed E-state index contributed by atoms with van der Waals surface area (Å²) >= 11 is 1.44. The molecule has 0 saturated carbocycles. The van der Waals surface area contributed by atoms with Crippen molar-refractivity contribution in [3.05, 3.63) is 52.5 Å². The van der Waals surface area contributed by atoms with Gasteiger partial charge < -0.3 is 15.2 Å². The van der Waals surface area contributed by atoms with Crippen LogP contribution in [0.25, 0.3) is 10.7 Å². The van der Waals surface area contributed by atoms with Crippen LogP contribution >= 0.6 is 11.3 Å². The number of thiophene rings is 1. The lowest BCUT2D eigenvalue weighted by Crippen LogP contribution is -2.33. The molecule has 0 aliphatic carbocycles. The summed E-state index contributed by atoms with van der Waals surface area (Å²) in [4.78, 5) is 16.9. The lowest BCUT2D eigenvalue weighted by atomic mass is 10.1. The molecule has 0 radical (unpaired) electrons. The molecule has 1 aromatic carbocycles. The van der Waals surface area contributed by atoms with Crippen molar-refractivity contribution in [1.82, 2.24) is 15.5 Å². The SMILES string of the molecule is Cc1c(F)cc(C(=O)NCC(F)(F)F)cc1NCc1nc(-c2cccs2)no1. The number of benzene rings is 1. The Kier molecular flexibility index (Phi) is 5.63. The number of nitrogens with one attached hydrogen (secondary N) is 2. The summed E-state index contributed by atoms with van der Waals surface area (Å²) in [5, 5.41) is 10.3. The number of halogens is 4. The molecule has 0 atom stereocenters. The molecule has 0 aliphatic heterocycles. The average Bonchev–Trinajstić information content (AvgIpc) is 3.31. The highest BCUT2D eigenvalue weighted by Gasteiger charge is 2.28. The molecule has 0 bridgehead atoms. The highest BCUT2D eigenvalue weighted by Crippen LogP contribution is 2.24. The molecular formula is C17H14F4N4O2S. The van der Waals surface area contributed by atoms with E-state index in [9.17, 15) is 22.4 Å². The first kappa shape index (κ1) is 19.8. The summed E-state index contributed by atoms with van der Waals surface area (Å²) in [5.74, 6) is -1.12. The van der Waals surface area contributed by atoms with Crippen LogP contribution in [0.1, 0.15) is 21.8 Å². The standard InChI is InChI=1S/C17H14F4N4O2S/c1-9-11(18)5-10(16(26)23-8-17(19,20)21)6-12(9)22-7-14-24-15(25-27-14)13-3-2-4-28-13/h2-6,22H,7-8H2,1H3,(H,23,26). The molecule has 148 valence electrons. The number of nitrogens with zero attached hydrogens (tertiary/aromatic N) is 2. The number of aromatic nitrogens is 2. The molecular weight excluding hydrogens is 400 g/mol. The second kappa shape index (κ2) is 7.97. The zero-order chi connectivity index (χ0) is 20.3. The Morgan fingerprint density at radius 1 is 1.32 bits per heavy atom. The van der Waals surface area contributed by atoms with Gasteiger partial charge in [0, 0.05) is 16.8 Å². The summed E-state index contributed by atoms with van der Waals surface area (Å²) in [5.41, 5.74) is 0.193. The van der Waals surface area contributed by atoms with E-state index in [1.54, 1.807) is 5.32 Å². The van der Waals surface area contributed by atoms with Crippen LogP contribution < -0.4 is 10.6 Å². The van der Waals surface area contributed by atoms with E-state index in [4.69, 9.17) is 4.52 Å². The van der Waals surface area contributed by atoms with Crippen LogP contribution in [0.15, 0.2) is 34.2 Å². The van der Waals surface area contributed by atoms with E-state index in [-0.39, 0.29) is 29.2 Å². The molecule has 0 unspecified atom stereocenters. The number of carbonyl (C=O) groups excluding carboxylic acids is 1. The van der Waals surface area contributed by atoms with Crippen molar-refractivity contribution in [1.29, 1.82) is 0 Å². The van der Waals surface area contributed by atoms with Crippen molar-refractivity contribution in [2.24, 2.45) is 0 Å². The number of anilines is 1. The van der Waals surface area contributed by atoms with Crippen molar-refractivity contribution >= 4 is 22.9 Å². The summed E-state index contributed by atoms with van der Waals surface area (Å²) in [6, 6.07) is 5.82. The third kappa shape index (κ3) is 4.85. The Morgan fingerprint density at radius 2 is 2.11 bits per heavy atom. The lowest BCUT2D eigenvalue weighted by molar-refractivity contribution is -0.123. The fourth-order valence-corrected chi connectivity index (χ4v) is 2.93. The molecule has 11 heteroatoms. The normalized spacial score (nSPS) is 11.5. The molecule has 2 aromatic heterocycles. The summed E-state index contributed by atoms with van der Waals surface area (Å²) < 4.78 is 55.9. The predicted molar refractivity (Wildman–Crippen MR) is 94.5 cm³/mol. The first-order chi connectivity index (χ1) is 13.2. The van der Waals surface area contributed by atoms with E-state index in [2.05, 4.69) is 15.5 Å². The van der Waals surface area contributed by atoms with E-state index >= 15 is 0 Å². The van der Waals surface area contributed by atoms with Gasteiger partial charge in [-0.2, -0.15) is 18.2 Å². The predicted octanol–water partition coefficient (Wildman–Crippen LogP) is 4.15. The summed E-state index contributed by atoms with van der Waals surface area (Å²) in [6.45, 7) is 0.0177. The number of amides is 1. The molecule has 3 aromatic rings. The van der Waals surface area contributed by atoms with Crippen molar-refractivity contribution < 1.29 is 26.9 Å². The molecule has 6 nitrogen and oxygen atoms in total. The fraction of sp³-hybridized carbons (Fsp3) is 0.235. The fourth-order valence-electron chi connectivity index (χ4n) is 2.28. The quantitative estimate of drug-likeness (QED) is 0.593. The molecule has 0 spiro atoms. The van der Waals surface area contributed by atoms with E-state index < -0.39 is 24.4 Å². The van der Waals surface area contributed by atoms with Gasteiger partial charge in [-0.15, -0.1) is 11.3 Å². The molecule has 3 rings (SSSR count). The van der Waals surface area contributed by atoms with Gasteiger partial charge in [-0.25, -0.2) is 4.39 Å². The maximum atomic E-state index is 14.1. The Labute approximate surface area is 160 Å². The van der Waals surface area contributed by atoms with Gasteiger partial charge in [0.15, 0.2) is 0 Å². The van der Waals surface area contributed by atoms with Gasteiger partial charge in [-0.1, -0.05) is 11.2 Å². The van der Waals surface area contributed by atoms with Gasteiger partial charge in [0.1, 0.15) is 12.4 Å². The van der Waals surface area contributed by atoms with Crippen LogP contribution in [0, 0.1) is 12.7 Å². The summed E-state index contributed by atoms with van der Waals surface area (Å²) in [7, 11) is 0. The van der Waals surface area contributed by atoms with Crippen molar-refractivity contribution in [3.63, 3.8) is 0 Å². The minimum atomic E-state index is -4.56. The molecule has 1 amide bonds. The number of hydrogen-bond donors (Lipinski definition) is 2. The minimum absolute atomic E-state index is 0.0479. The first-order valence-electron chi connectivity index (χ1n) is 7.98. The number of carbonyl (C=O) groups is 1. The van der Waals surface area contributed by atoms with Crippen LogP contribution in [-0.4, -0.2) is 28.8 Å². The molecule has 0 fully saturated rings. The highest BCUT2D eigenvalue weighted by atomic mass is 32.1. The Bertz CT molecular complexity index is 970. The molecule has 28 heavy (non-hydrogen) atoms. The zero-order valence-corrected chi connectivity index (χ0v) is 15.2. The average molecular weight is 414 g/mol. The van der Waals surface area contributed by atoms with Crippen LogP contribution in [0.5, 0.6) is 0 Å². The lowest BCUT2D eigenvalue weighted by Gasteiger charge is -2.12. The van der Waals surface area contributed by atoms with E-state index in [1.165, 1.54) is 24.3 Å². The topological polar surface area (TPSA) is 80.0 Å². The van der Waals surface area contributed by atoms with E-state index in [1.807, 2.05) is 17.5 Å². The van der Waals surface area contributed by atoms with E-state index in [0.717, 1.165) is 10.9 Å². The summed E-state index contributed by atoms with van der Waals surface area (Å²) in [6.07, 6.45) is -4.56. The van der Waals surface area contributed by atoms with Crippen molar-refractivity contribution in [2.45, 2.75) is 19.6 Å².